The number of carbonyl (C=O) groups is 2. The van der Waals surface area contributed by atoms with Crippen LogP contribution in [0.1, 0.15) is 18.9 Å². The van der Waals surface area contributed by atoms with Crippen LogP contribution < -0.4 is 20.1 Å². The fourth-order valence-corrected chi connectivity index (χ4v) is 4.47. The molecule has 0 spiro atoms. The van der Waals surface area contributed by atoms with Crippen molar-refractivity contribution in [3.63, 3.8) is 0 Å². The first kappa shape index (κ1) is 22.9. The monoisotopic (exact) mass is 483 g/mol. The number of benzene rings is 2. The average molecular weight is 484 g/mol. The van der Waals surface area contributed by atoms with Crippen LogP contribution in [-0.2, 0) is 16.1 Å². The highest BCUT2D eigenvalue weighted by atomic mass is 35.5. The van der Waals surface area contributed by atoms with Gasteiger partial charge in [-0.1, -0.05) is 11.6 Å². The maximum Gasteiger partial charge on any atom is 0.238 e. The number of amides is 2. The lowest BCUT2D eigenvalue weighted by atomic mass is 10.2. The summed E-state index contributed by atoms with van der Waals surface area (Å²) in [7, 11) is 0. The lowest BCUT2D eigenvalue weighted by Gasteiger charge is -2.23. The fraction of sp³-hybridized carbons (Fsp3) is 0.208. The molecule has 0 radical (unpaired) electrons. The molecule has 0 aliphatic carbocycles. The van der Waals surface area contributed by atoms with Gasteiger partial charge in [-0.25, -0.2) is 4.98 Å². The highest BCUT2D eigenvalue weighted by Gasteiger charge is 2.29. The van der Waals surface area contributed by atoms with Gasteiger partial charge in [0.1, 0.15) is 11.5 Å². The van der Waals surface area contributed by atoms with Gasteiger partial charge in [0, 0.05) is 35.1 Å². The number of rotatable bonds is 8. The van der Waals surface area contributed by atoms with Gasteiger partial charge < -0.3 is 20.1 Å². The zero-order valence-corrected chi connectivity index (χ0v) is 19.4. The number of nitrogens with zero attached hydrogens (tertiary/aromatic N) is 1. The molecule has 33 heavy (non-hydrogen) atoms. The van der Waals surface area contributed by atoms with Crippen LogP contribution in [0.15, 0.2) is 65.7 Å². The van der Waals surface area contributed by atoms with E-state index >= 15 is 0 Å². The fourth-order valence-electron chi connectivity index (χ4n) is 3.21. The number of aromatic nitrogens is 1. The molecule has 2 heterocycles. The topological polar surface area (TPSA) is 89.5 Å². The minimum atomic E-state index is -0.505. The zero-order chi connectivity index (χ0) is 23.2. The van der Waals surface area contributed by atoms with Crippen molar-refractivity contribution >= 4 is 40.9 Å². The molecule has 1 aliphatic heterocycles. The van der Waals surface area contributed by atoms with Crippen LogP contribution in [0.5, 0.6) is 17.4 Å². The van der Waals surface area contributed by atoms with Crippen LogP contribution >= 0.6 is 23.4 Å². The molecule has 7 nitrogen and oxygen atoms in total. The second kappa shape index (κ2) is 10.6. The third-order valence-electron chi connectivity index (χ3n) is 4.78. The minimum Gasteiger partial charge on any atom is -0.494 e. The van der Waals surface area contributed by atoms with Crippen LogP contribution in [0, 0.1) is 0 Å². The number of nitrogens with one attached hydrogen (secondary N) is 2. The van der Waals surface area contributed by atoms with E-state index in [4.69, 9.17) is 21.1 Å². The smallest absolute Gasteiger partial charge is 0.238 e. The van der Waals surface area contributed by atoms with E-state index in [-0.39, 0.29) is 18.2 Å². The second-order valence-electron chi connectivity index (χ2n) is 7.23. The number of carbonyl (C=O) groups excluding carboxylic acids is 2. The Morgan fingerprint density at radius 2 is 1.94 bits per heavy atom. The van der Waals surface area contributed by atoms with Crippen LogP contribution in [-0.4, -0.2) is 28.7 Å². The summed E-state index contributed by atoms with van der Waals surface area (Å²) >= 11 is 7.34. The van der Waals surface area contributed by atoms with E-state index in [2.05, 4.69) is 15.6 Å². The second-order valence-corrected chi connectivity index (χ2v) is 8.91. The Morgan fingerprint density at radius 3 is 2.73 bits per heavy atom. The molecule has 2 amide bonds. The van der Waals surface area contributed by atoms with E-state index in [0.717, 1.165) is 16.2 Å². The molecule has 3 aromatic rings. The lowest BCUT2D eigenvalue weighted by Crippen LogP contribution is -2.34. The van der Waals surface area contributed by atoms with Crippen molar-refractivity contribution in [3.05, 3.63) is 71.4 Å². The Labute approximate surface area is 200 Å². The quantitative estimate of drug-likeness (QED) is 0.466. The summed E-state index contributed by atoms with van der Waals surface area (Å²) in [6.07, 6.45) is 1.69. The lowest BCUT2D eigenvalue weighted by molar-refractivity contribution is -0.124. The predicted octanol–water partition coefficient (Wildman–Crippen LogP) is 5.05. The number of ether oxygens (including phenoxy) is 2. The molecular formula is C24H22ClN3O4S. The summed E-state index contributed by atoms with van der Waals surface area (Å²) < 4.78 is 11.2. The predicted molar refractivity (Wildman–Crippen MR) is 128 cm³/mol. The summed E-state index contributed by atoms with van der Waals surface area (Å²) in [5.41, 5.74) is 1.51. The third kappa shape index (κ3) is 6.18. The van der Waals surface area contributed by atoms with Gasteiger partial charge in [-0.15, -0.1) is 11.8 Å². The number of pyridine rings is 1. The maximum absolute atomic E-state index is 12.5. The molecule has 0 fully saturated rings. The molecular weight excluding hydrogens is 462 g/mol. The Balaban J connectivity index is 1.30. The highest BCUT2D eigenvalue weighted by Crippen LogP contribution is 2.38. The molecule has 1 aliphatic rings. The van der Waals surface area contributed by atoms with Gasteiger partial charge in [0.25, 0.3) is 0 Å². The molecule has 0 bridgehead atoms. The van der Waals surface area contributed by atoms with Crippen molar-refractivity contribution < 1.29 is 19.1 Å². The SMILES string of the molecule is CCOc1ccc(Oc2cc(CNC(=O)CC3Sc4ccc(Cl)cc4NC3=O)ccn2)cc1. The highest BCUT2D eigenvalue weighted by molar-refractivity contribution is 8.01. The van der Waals surface area contributed by atoms with Crippen molar-refractivity contribution in [1.82, 2.24) is 10.3 Å². The van der Waals surface area contributed by atoms with Gasteiger partial charge in [-0.05, 0) is 61.0 Å². The van der Waals surface area contributed by atoms with E-state index in [1.807, 2.05) is 25.1 Å². The number of hydrogen-bond donors (Lipinski definition) is 2. The Hall–Kier alpha value is -3.23. The van der Waals surface area contributed by atoms with Gasteiger partial charge in [-0.2, -0.15) is 0 Å². The van der Waals surface area contributed by atoms with Gasteiger partial charge in [0.15, 0.2) is 0 Å². The summed E-state index contributed by atoms with van der Waals surface area (Å²) in [4.78, 5) is 29.9. The molecule has 1 atom stereocenters. The molecule has 0 saturated carbocycles. The Morgan fingerprint density at radius 1 is 1.15 bits per heavy atom. The van der Waals surface area contributed by atoms with Crippen LogP contribution in [0.25, 0.3) is 0 Å². The first-order chi connectivity index (χ1) is 16.0. The molecule has 1 unspecified atom stereocenters. The number of fused-ring (bicyclic) bond motifs is 1. The summed E-state index contributed by atoms with van der Waals surface area (Å²) in [6, 6.07) is 16.1. The van der Waals surface area contributed by atoms with Gasteiger partial charge >= 0.3 is 0 Å². The van der Waals surface area contributed by atoms with E-state index in [1.165, 1.54) is 11.8 Å². The summed E-state index contributed by atoms with van der Waals surface area (Å²) in [5.74, 6) is 1.40. The van der Waals surface area contributed by atoms with E-state index in [9.17, 15) is 9.59 Å². The standard InChI is InChI=1S/C24H22ClN3O4S/c1-2-31-17-4-6-18(7-5-17)32-23-11-15(9-10-26-23)14-27-22(29)13-21-24(30)28-19-12-16(25)3-8-20(19)33-21/h3-12,21H,2,13-14H2,1H3,(H,27,29)(H,28,30). The van der Waals surface area contributed by atoms with Gasteiger partial charge in [0.2, 0.25) is 17.7 Å². The molecule has 170 valence electrons. The molecule has 9 heteroatoms. The first-order valence-corrected chi connectivity index (χ1v) is 11.7. The normalized spacial score (nSPS) is 14.7. The largest absolute Gasteiger partial charge is 0.494 e. The van der Waals surface area contributed by atoms with Crippen molar-refractivity contribution in [2.75, 3.05) is 11.9 Å². The third-order valence-corrected chi connectivity index (χ3v) is 6.29. The Bertz CT molecular complexity index is 1160. The number of thioether (sulfide) groups is 1. The molecule has 2 aromatic carbocycles. The van der Waals surface area contributed by atoms with E-state index < -0.39 is 5.25 Å². The Kier molecular flexibility index (Phi) is 7.36. The zero-order valence-electron chi connectivity index (χ0n) is 17.8. The molecule has 2 N–H and O–H groups in total. The van der Waals surface area contributed by atoms with Crippen molar-refractivity contribution in [2.45, 2.75) is 30.0 Å². The van der Waals surface area contributed by atoms with Gasteiger partial charge in [-0.3, -0.25) is 9.59 Å². The van der Waals surface area contributed by atoms with Crippen molar-refractivity contribution in [1.29, 1.82) is 0 Å². The first-order valence-electron chi connectivity index (χ1n) is 10.4. The van der Waals surface area contributed by atoms with E-state index in [0.29, 0.717) is 35.5 Å². The van der Waals surface area contributed by atoms with Gasteiger partial charge in [0.05, 0.1) is 17.5 Å². The summed E-state index contributed by atoms with van der Waals surface area (Å²) in [6.45, 7) is 2.82. The van der Waals surface area contributed by atoms with E-state index in [1.54, 1.807) is 42.6 Å². The average Bonchev–Trinajstić information content (AvgIpc) is 2.80. The van der Waals surface area contributed by atoms with Crippen LogP contribution in [0.4, 0.5) is 5.69 Å². The number of halogens is 1. The molecule has 4 rings (SSSR count). The summed E-state index contributed by atoms with van der Waals surface area (Å²) in [5, 5.41) is 5.72. The number of anilines is 1. The van der Waals surface area contributed by atoms with Crippen LogP contribution in [0.2, 0.25) is 5.02 Å². The maximum atomic E-state index is 12.5. The minimum absolute atomic E-state index is 0.0686. The molecule has 1 aromatic heterocycles. The van der Waals surface area contributed by atoms with Crippen molar-refractivity contribution in [2.24, 2.45) is 0 Å². The van der Waals surface area contributed by atoms with Crippen molar-refractivity contribution in [3.8, 4) is 17.4 Å². The molecule has 0 saturated heterocycles. The number of hydrogen-bond acceptors (Lipinski definition) is 6. The van der Waals surface area contributed by atoms with Crippen LogP contribution in [0.3, 0.4) is 0 Å².